The maximum Gasteiger partial charge on any atom is 0.131 e. The predicted octanol–water partition coefficient (Wildman–Crippen LogP) is 14.3. The smallest absolute Gasteiger partial charge is 0.131 e. The van der Waals surface area contributed by atoms with Gasteiger partial charge in [0.25, 0.3) is 0 Å². The first-order valence-corrected chi connectivity index (χ1v) is 19.8. The monoisotopic (exact) mass is 723 g/mol. The molecule has 55 heavy (non-hydrogen) atoms. The minimum Gasteiger partial charge on any atom is -0.457 e. The summed E-state index contributed by atoms with van der Waals surface area (Å²) in [6, 6.07) is 69.1. The summed E-state index contributed by atoms with van der Waals surface area (Å²) in [4.78, 5) is 2.44. The van der Waals surface area contributed by atoms with E-state index >= 15 is 0 Å². The summed E-state index contributed by atoms with van der Waals surface area (Å²) in [6.45, 7) is 4.62. The van der Waals surface area contributed by atoms with Crippen LogP contribution in [-0.4, -0.2) is 0 Å². The van der Waals surface area contributed by atoms with Crippen LogP contribution in [0.15, 0.2) is 188 Å². The van der Waals surface area contributed by atoms with E-state index < -0.39 is 5.41 Å². The highest BCUT2D eigenvalue weighted by molar-refractivity contribution is 7.25. The minimum atomic E-state index is -0.501. The van der Waals surface area contributed by atoms with Gasteiger partial charge < -0.3 is 9.64 Å². The molecule has 0 radical (unpaired) electrons. The van der Waals surface area contributed by atoms with Gasteiger partial charge in [0, 0.05) is 53.8 Å². The van der Waals surface area contributed by atoms with Crippen molar-refractivity contribution >= 4 is 48.6 Å². The second-order valence-electron chi connectivity index (χ2n) is 15.3. The second kappa shape index (κ2) is 12.0. The second-order valence-corrected chi connectivity index (χ2v) is 16.4. The zero-order chi connectivity index (χ0) is 36.7. The molecule has 1 aliphatic carbocycles. The minimum absolute atomic E-state index is 0.254. The SMILES string of the molecule is CC1(C)c2ccccc2Oc2ccc(N(c3cccc(C4(c5ccccc5)c5ccccc5-c5ccccc54)c3)c3ccc4sc5ccccc5c4c3)cc21. The van der Waals surface area contributed by atoms with Crippen molar-refractivity contribution in [1.82, 2.24) is 0 Å². The highest BCUT2D eigenvalue weighted by atomic mass is 32.1. The van der Waals surface area contributed by atoms with E-state index in [1.54, 1.807) is 0 Å². The van der Waals surface area contributed by atoms with Crippen LogP contribution in [0.4, 0.5) is 17.1 Å². The number of nitrogens with zero attached hydrogens (tertiary/aromatic N) is 1. The number of thiophene rings is 1. The van der Waals surface area contributed by atoms with Crippen LogP contribution in [0.25, 0.3) is 31.3 Å². The van der Waals surface area contributed by atoms with E-state index in [1.807, 2.05) is 11.3 Å². The maximum atomic E-state index is 6.55. The van der Waals surface area contributed by atoms with Crippen molar-refractivity contribution in [1.29, 1.82) is 0 Å². The zero-order valence-electron chi connectivity index (χ0n) is 30.7. The fourth-order valence-electron chi connectivity index (χ4n) is 9.46. The fraction of sp³-hybridized carbons (Fsp3) is 0.0769. The summed E-state index contributed by atoms with van der Waals surface area (Å²) in [5.74, 6) is 1.83. The number of hydrogen-bond acceptors (Lipinski definition) is 3. The Labute approximate surface area is 325 Å². The Balaban J connectivity index is 1.17. The molecule has 3 heteroatoms. The van der Waals surface area contributed by atoms with Gasteiger partial charge in [0.1, 0.15) is 11.5 Å². The molecule has 0 N–H and O–H groups in total. The van der Waals surface area contributed by atoms with E-state index in [2.05, 4.69) is 207 Å². The molecular formula is C52H37NOS. The zero-order valence-corrected chi connectivity index (χ0v) is 31.5. The van der Waals surface area contributed by atoms with Gasteiger partial charge >= 0.3 is 0 Å². The molecule has 0 bridgehead atoms. The maximum absolute atomic E-state index is 6.55. The van der Waals surface area contributed by atoms with Crippen LogP contribution in [-0.2, 0) is 10.8 Å². The average Bonchev–Trinajstić information content (AvgIpc) is 3.75. The van der Waals surface area contributed by atoms with Crippen molar-refractivity contribution in [2.75, 3.05) is 4.90 Å². The Morgan fingerprint density at radius 3 is 1.80 bits per heavy atom. The highest BCUT2D eigenvalue weighted by Crippen LogP contribution is 2.57. The first-order chi connectivity index (χ1) is 27.0. The van der Waals surface area contributed by atoms with Gasteiger partial charge in [-0.05, 0) is 94.0 Å². The van der Waals surface area contributed by atoms with E-state index in [0.29, 0.717) is 0 Å². The molecule has 0 fully saturated rings. The van der Waals surface area contributed by atoms with Gasteiger partial charge in [-0.25, -0.2) is 0 Å². The van der Waals surface area contributed by atoms with Gasteiger partial charge in [0.2, 0.25) is 0 Å². The molecule has 0 saturated carbocycles. The van der Waals surface area contributed by atoms with Crippen molar-refractivity contribution in [3.8, 4) is 22.6 Å². The molecule has 0 saturated heterocycles. The molecule has 1 aromatic heterocycles. The Morgan fingerprint density at radius 2 is 1.00 bits per heavy atom. The lowest BCUT2D eigenvalue weighted by Gasteiger charge is -2.37. The average molecular weight is 724 g/mol. The highest BCUT2D eigenvalue weighted by Gasteiger charge is 2.46. The van der Waals surface area contributed by atoms with Crippen molar-refractivity contribution in [2.45, 2.75) is 24.7 Å². The van der Waals surface area contributed by atoms with Crippen LogP contribution in [0.5, 0.6) is 11.5 Å². The largest absolute Gasteiger partial charge is 0.457 e. The fourth-order valence-corrected chi connectivity index (χ4v) is 10.5. The van der Waals surface area contributed by atoms with Gasteiger partial charge in [-0.1, -0.05) is 141 Å². The molecule has 1 aliphatic heterocycles. The van der Waals surface area contributed by atoms with Crippen molar-refractivity contribution in [3.63, 3.8) is 0 Å². The van der Waals surface area contributed by atoms with E-state index in [4.69, 9.17) is 4.74 Å². The molecule has 0 unspecified atom stereocenters. The van der Waals surface area contributed by atoms with Crippen LogP contribution < -0.4 is 9.64 Å². The normalized spacial score (nSPS) is 14.4. The van der Waals surface area contributed by atoms with Crippen LogP contribution in [0.2, 0.25) is 0 Å². The Kier molecular flexibility index (Phi) is 7.02. The molecule has 9 aromatic rings. The Morgan fingerprint density at radius 1 is 0.418 bits per heavy atom. The summed E-state index contributed by atoms with van der Waals surface area (Å²) in [5.41, 5.74) is 12.6. The molecule has 11 rings (SSSR count). The molecule has 0 amide bonds. The number of ether oxygens (including phenoxy) is 1. The first-order valence-electron chi connectivity index (χ1n) is 19.0. The number of fused-ring (bicyclic) bond motifs is 8. The molecule has 0 spiro atoms. The van der Waals surface area contributed by atoms with Gasteiger partial charge in [0.05, 0.1) is 5.41 Å². The Hall–Kier alpha value is -6.42. The molecule has 2 heterocycles. The predicted molar refractivity (Wildman–Crippen MR) is 230 cm³/mol. The number of anilines is 3. The van der Waals surface area contributed by atoms with Crippen LogP contribution >= 0.6 is 11.3 Å². The van der Waals surface area contributed by atoms with E-state index in [1.165, 1.54) is 64.7 Å². The van der Waals surface area contributed by atoms with E-state index in [9.17, 15) is 0 Å². The van der Waals surface area contributed by atoms with Gasteiger partial charge in [-0.3, -0.25) is 0 Å². The van der Waals surface area contributed by atoms with Crippen molar-refractivity contribution in [3.05, 3.63) is 221 Å². The summed E-state index contributed by atoms with van der Waals surface area (Å²) >= 11 is 1.85. The summed E-state index contributed by atoms with van der Waals surface area (Å²) in [6.07, 6.45) is 0. The lowest BCUT2D eigenvalue weighted by molar-refractivity contribution is 0.418. The number of hydrogen-bond donors (Lipinski definition) is 0. The molecule has 0 atom stereocenters. The van der Waals surface area contributed by atoms with Crippen molar-refractivity contribution < 1.29 is 4.74 Å². The summed E-state index contributed by atoms with van der Waals surface area (Å²) in [5, 5.41) is 2.56. The molecule has 8 aromatic carbocycles. The Bertz CT molecular complexity index is 2910. The van der Waals surface area contributed by atoms with Gasteiger partial charge in [-0.2, -0.15) is 0 Å². The number of rotatable bonds is 5. The summed E-state index contributed by atoms with van der Waals surface area (Å²) < 4.78 is 9.15. The van der Waals surface area contributed by atoms with Crippen LogP contribution in [0.3, 0.4) is 0 Å². The lowest BCUT2D eigenvalue weighted by Crippen LogP contribution is -2.29. The number of para-hydroxylation sites is 1. The van der Waals surface area contributed by atoms with Gasteiger partial charge in [0.15, 0.2) is 0 Å². The third kappa shape index (κ3) is 4.66. The van der Waals surface area contributed by atoms with E-state index in [0.717, 1.165) is 28.6 Å². The van der Waals surface area contributed by atoms with Crippen LogP contribution in [0, 0.1) is 0 Å². The molecule has 2 nitrogen and oxygen atoms in total. The van der Waals surface area contributed by atoms with Crippen LogP contribution in [0.1, 0.15) is 47.2 Å². The third-order valence-electron chi connectivity index (χ3n) is 12.0. The van der Waals surface area contributed by atoms with Gasteiger partial charge in [-0.15, -0.1) is 11.3 Å². The quantitative estimate of drug-likeness (QED) is 0.175. The molecule has 2 aliphatic rings. The lowest BCUT2D eigenvalue weighted by atomic mass is 9.67. The topological polar surface area (TPSA) is 12.5 Å². The summed E-state index contributed by atoms with van der Waals surface area (Å²) in [7, 11) is 0. The third-order valence-corrected chi connectivity index (χ3v) is 13.1. The molecular weight excluding hydrogens is 687 g/mol. The van der Waals surface area contributed by atoms with Crippen molar-refractivity contribution in [2.24, 2.45) is 0 Å². The first kappa shape index (κ1) is 32.0. The van der Waals surface area contributed by atoms with E-state index in [-0.39, 0.29) is 5.41 Å². The number of benzene rings is 8. The standard InChI is InChI=1S/C52H37NOS/c1-51(2)45-24-11-12-25-47(45)54-48-29-27-38(33-46(48)51)53(37-28-30-50-42(32-37)41-21-8-13-26-49(41)55-50)36-18-14-17-35(31-36)52(34-15-4-3-5-16-34)43-22-9-6-19-39(43)40-20-7-10-23-44(40)52/h3-33H,1-2H3. The molecule has 262 valence electrons.